The number of alkyl halides is 3. The van der Waals surface area contributed by atoms with E-state index in [0.717, 1.165) is 6.07 Å². The summed E-state index contributed by atoms with van der Waals surface area (Å²) >= 11 is 0. The van der Waals surface area contributed by atoms with Crippen LogP contribution >= 0.6 is 0 Å². The van der Waals surface area contributed by atoms with Crippen molar-refractivity contribution >= 4 is 17.5 Å². The van der Waals surface area contributed by atoms with E-state index >= 15 is 0 Å². The molecular formula is C14H14F4N4. The van der Waals surface area contributed by atoms with Crippen LogP contribution in [0.15, 0.2) is 24.3 Å². The molecule has 0 amide bonds. The lowest BCUT2D eigenvalue weighted by Crippen LogP contribution is -2.13. The first kappa shape index (κ1) is 16.0. The molecule has 0 aliphatic rings. The third-order valence-electron chi connectivity index (χ3n) is 2.80. The molecule has 22 heavy (non-hydrogen) atoms. The molecule has 0 bridgehead atoms. The van der Waals surface area contributed by atoms with Crippen molar-refractivity contribution in [2.45, 2.75) is 20.0 Å². The lowest BCUT2D eigenvalue weighted by atomic mass is 10.2. The van der Waals surface area contributed by atoms with Crippen LogP contribution in [0, 0.1) is 12.7 Å². The smallest absolute Gasteiger partial charge is 0.354 e. The zero-order chi connectivity index (χ0) is 16.3. The first-order valence-corrected chi connectivity index (χ1v) is 6.53. The summed E-state index contributed by atoms with van der Waals surface area (Å²) in [6.07, 6.45) is -4.58. The minimum atomic E-state index is -4.58. The molecule has 1 heterocycles. The van der Waals surface area contributed by atoms with Crippen LogP contribution in [0.25, 0.3) is 0 Å². The van der Waals surface area contributed by atoms with E-state index < -0.39 is 17.7 Å². The van der Waals surface area contributed by atoms with Crippen molar-refractivity contribution in [3.8, 4) is 0 Å². The van der Waals surface area contributed by atoms with Crippen LogP contribution in [0.5, 0.6) is 0 Å². The highest BCUT2D eigenvalue weighted by Gasteiger charge is 2.33. The van der Waals surface area contributed by atoms with Gasteiger partial charge < -0.3 is 10.6 Å². The molecule has 0 unspecified atom stereocenters. The zero-order valence-electron chi connectivity index (χ0n) is 11.9. The number of aryl methyl sites for hydroxylation is 1. The predicted molar refractivity (Wildman–Crippen MR) is 75.6 cm³/mol. The van der Waals surface area contributed by atoms with Gasteiger partial charge in [0.15, 0.2) is 5.69 Å². The van der Waals surface area contributed by atoms with Gasteiger partial charge in [0, 0.05) is 18.3 Å². The van der Waals surface area contributed by atoms with Crippen LogP contribution in [0.2, 0.25) is 0 Å². The van der Waals surface area contributed by atoms with E-state index in [-0.39, 0.29) is 11.8 Å². The second-order valence-electron chi connectivity index (χ2n) is 4.57. The van der Waals surface area contributed by atoms with Crippen molar-refractivity contribution in [3.63, 3.8) is 0 Å². The molecule has 2 N–H and O–H groups in total. The highest BCUT2D eigenvalue weighted by molar-refractivity contribution is 5.61. The lowest BCUT2D eigenvalue weighted by molar-refractivity contribution is -0.141. The molecule has 8 heteroatoms. The molecule has 0 saturated heterocycles. The molecule has 0 spiro atoms. The summed E-state index contributed by atoms with van der Waals surface area (Å²) in [7, 11) is 0. The minimum absolute atomic E-state index is 0.0204. The summed E-state index contributed by atoms with van der Waals surface area (Å²) in [5.41, 5.74) is -0.0337. The van der Waals surface area contributed by atoms with Crippen molar-refractivity contribution in [2.75, 3.05) is 17.2 Å². The van der Waals surface area contributed by atoms with Gasteiger partial charge in [-0.25, -0.2) is 9.37 Å². The van der Waals surface area contributed by atoms with E-state index in [9.17, 15) is 17.6 Å². The van der Waals surface area contributed by atoms with E-state index in [4.69, 9.17) is 0 Å². The SMILES string of the molecule is CCNc1nc(Nc2ccc(F)cc2C)cc(C(F)(F)F)n1. The largest absolute Gasteiger partial charge is 0.433 e. The van der Waals surface area contributed by atoms with Gasteiger partial charge in [0.25, 0.3) is 0 Å². The fourth-order valence-corrected chi connectivity index (χ4v) is 1.80. The third-order valence-corrected chi connectivity index (χ3v) is 2.80. The van der Waals surface area contributed by atoms with Crippen LogP contribution in [-0.2, 0) is 6.18 Å². The number of benzene rings is 1. The fraction of sp³-hybridized carbons (Fsp3) is 0.286. The first-order valence-electron chi connectivity index (χ1n) is 6.53. The number of rotatable bonds is 4. The van der Waals surface area contributed by atoms with Gasteiger partial charge in [-0.15, -0.1) is 0 Å². The molecule has 2 rings (SSSR count). The van der Waals surface area contributed by atoms with E-state index in [1.807, 2.05) is 0 Å². The molecule has 0 aliphatic carbocycles. The van der Waals surface area contributed by atoms with Crippen LogP contribution in [0.3, 0.4) is 0 Å². The lowest BCUT2D eigenvalue weighted by Gasteiger charge is -2.13. The number of nitrogens with zero attached hydrogens (tertiary/aromatic N) is 2. The minimum Gasteiger partial charge on any atom is -0.354 e. The maximum Gasteiger partial charge on any atom is 0.433 e. The highest BCUT2D eigenvalue weighted by Crippen LogP contribution is 2.30. The molecule has 0 atom stereocenters. The Morgan fingerprint density at radius 3 is 2.45 bits per heavy atom. The van der Waals surface area contributed by atoms with Crippen molar-refractivity contribution in [2.24, 2.45) is 0 Å². The number of halogens is 4. The van der Waals surface area contributed by atoms with Crippen LogP contribution in [0.1, 0.15) is 18.2 Å². The van der Waals surface area contributed by atoms with Gasteiger partial charge in [-0.2, -0.15) is 18.2 Å². The summed E-state index contributed by atoms with van der Waals surface area (Å²) in [6.45, 7) is 3.75. The van der Waals surface area contributed by atoms with Gasteiger partial charge in [0.05, 0.1) is 0 Å². The maximum atomic E-state index is 13.1. The fourth-order valence-electron chi connectivity index (χ4n) is 1.80. The molecule has 1 aromatic carbocycles. The summed E-state index contributed by atoms with van der Waals surface area (Å²) in [4.78, 5) is 7.39. The molecule has 0 saturated carbocycles. The third kappa shape index (κ3) is 3.84. The Kier molecular flexibility index (Phi) is 4.48. The van der Waals surface area contributed by atoms with Gasteiger partial charge in [0.1, 0.15) is 11.6 Å². The summed E-state index contributed by atoms with van der Waals surface area (Å²) in [6, 6.07) is 4.74. The van der Waals surface area contributed by atoms with Gasteiger partial charge in [0.2, 0.25) is 5.95 Å². The summed E-state index contributed by atoms with van der Waals surface area (Å²) < 4.78 is 51.7. The van der Waals surface area contributed by atoms with Crippen molar-refractivity contribution < 1.29 is 17.6 Å². The van der Waals surface area contributed by atoms with E-state index in [2.05, 4.69) is 20.6 Å². The Morgan fingerprint density at radius 2 is 1.86 bits per heavy atom. The Bertz CT molecular complexity index is 670. The summed E-state index contributed by atoms with van der Waals surface area (Å²) in [5.74, 6) is -0.567. The number of anilines is 3. The van der Waals surface area contributed by atoms with Crippen molar-refractivity contribution in [3.05, 3.63) is 41.3 Å². The van der Waals surface area contributed by atoms with Gasteiger partial charge in [-0.1, -0.05) is 0 Å². The first-order chi connectivity index (χ1) is 10.3. The molecule has 0 fully saturated rings. The highest BCUT2D eigenvalue weighted by atomic mass is 19.4. The second kappa shape index (κ2) is 6.17. The van der Waals surface area contributed by atoms with E-state index in [1.54, 1.807) is 13.8 Å². The monoisotopic (exact) mass is 314 g/mol. The standard InChI is InChI=1S/C14H14F4N4/c1-3-19-13-21-11(14(16,17)18)7-12(22-13)20-10-5-4-9(15)6-8(10)2/h4-7H,3H2,1-2H3,(H2,19,20,21,22). The van der Waals surface area contributed by atoms with Crippen molar-refractivity contribution in [1.29, 1.82) is 0 Å². The number of nitrogens with one attached hydrogen (secondary N) is 2. The molecule has 0 aliphatic heterocycles. The molecule has 118 valence electrons. The number of aromatic nitrogens is 2. The van der Waals surface area contributed by atoms with Gasteiger partial charge in [-0.05, 0) is 37.6 Å². The number of hydrogen-bond donors (Lipinski definition) is 2. The topological polar surface area (TPSA) is 49.8 Å². The Hall–Kier alpha value is -2.38. The molecule has 2 aromatic rings. The average molecular weight is 314 g/mol. The Labute approximate surface area is 124 Å². The van der Waals surface area contributed by atoms with Gasteiger partial charge in [-0.3, -0.25) is 0 Å². The molecular weight excluding hydrogens is 300 g/mol. The Balaban J connectivity index is 2.39. The molecule has 4 nitrogen and oxygen atoms in total. The van der Waals surface area contributed by atoms with Crippen LogP contribution < -0.4 is 10.6 Å². The summed E-state index contributed by atoms with van der Waals surface area (Å²) in [5, 5.41) is 5.40. The molecule has 1 aromatic heterocycles. The van der Waals surface area contributed by atoms with E-state index in [1.165, 1.54) is 18.2 Å². The zero-order valence-corrected chi connectivity index (χ0v) is 11.9. The quantitative estimate of drug-likeness (QED) is 0.834. The predicted octanol–water partition coefficient (Wildman–Crippen LogP) is 4.12. The average Bonchev–Trinajstić information content (AvgIpc) is 2.41. The van der Waals surface area contributed by atoms with Crippen LogP contribution in [-0.4, -0.2) is 16.5 Å². The molecule has 0 radical (unpaired) electrons. The normalized spacial score (nSPS) is 11.4. The van der Waals surface area contributed by atoms with Gasteiger partial charge >= 0.3 is 6.18 Å². The number of hydrogen-bond acceptors (Lipinski definition) is 4. The Morgan fingerprint density at radius 1 is 1.14 bits per heavy atom. The maximum absolute atomic E-state index is 13.1. The van der Waals surface area contributed by atoms with Crippen molar-refractivity contribution in [1.82, 2.24) is 9.97 Å². The van der Waals surface area contributed by atoms with Crippen LogP contribution in [0.4, 0.5) is 35.0 Å². The second-order valence-corrected chi connectivity index (χ2v) is 4.57. The van der Waals surface area contributed by atoms with E-state index in [0.29, 0.717) is 17.8 Å².